The molecular formula is C18H20F2N2OS. The van der Waals surface area contributed by atoms with E-state index < -0.39 is 11.6 Å². The fraction of sp³-hybridized carbons (Fsp3) is 0.444. The number of hydrogen-bond acceptors (Lipinski definition) is 3. The van der Waals surface area contributed by atoms with Crippen molar-refractivity contribution in [3.05, 3.63) is 51.5 Å². The van der Waals surface area contributed by atoms with Gasteiger partial charge in [-0.2, -0.15) is 0 Å². The third-order valence-corrected chi connectivity index (χ3v) is 5.53. The van der Waals surface area contributed by atoms with Crippen molar-refractivity contribution in [2.75, 3.05) is 13.1 Å². The first-order chi connectivity index (χ1) is 11.6. The van der Waals surface area contributed by atoms with E-state index in [1.54, 1.807) is 5.51 Å². The number of thiazole rings is 1. The summed E-state index contributed by atoms with van der Waals surface area (Å²) in [5, 5.41) is 0. The maximum atomic E-state index is 13.7. The highest BCUT2D eigenvalue weighted by Crippen LogP contribution is 2.25. The highest BCUT2D eigenvalue weighted by atomic mass is 32.1. The van der Waals surface area contributed by atoms with Crippen molar-refractivity contribution in [3.63, 3.8) is 0 Å². The van der Waals surface area contributed by atoms with Crippen LogP contribution >= 0.6 is 11.3 Å². The minimum atomic E-state index is -0.487. The third kappa shape index (κ3) is 3.64. The summed E-state index contributed by atoms with van der Waals surface area (Å²) in [6, 6.07) is 3.97. The number of carbonyl (C=O) groups is 1. The molecule has 1 amide bonds. The highest BCUT2D eigenvalue weighted by Gasteiger charge is 2.26. The van der Waals surface area contributed by atoms with E-state index in [-0.39, 0.29) is 17.4 Å². The zero-order valence-electron chi connectivity index (χ0n) is 13.6. The van der Waals surface area contributed by atoms with E-state index in [0.717, 1.165) is 25.1 Å². The molecule has 0 unspecified atom stereocenters. The molecule has 0 saturated carbocycles. The number of carbonyl (C=O) groups excluding carboxylic acids is 1. The first kappa shape index (κ1) is 17.0. The van der Waals surface area contributed by atoms with Crippen LogP contribution in [0.1, 0.15) is 40.2 Å². The van der Waals surface area contributed by atoms with Gasteiger partial charge in [0.2, 0.25) is 0 Å². The second kappa shape index (κ2) is 7.38. The number of aryl methyl sites for hydroxylation is 1. The molecule has 0 spiro atoms. The Labute approximate surface area is 144 Å². The van der Waals surface area contributed by atoms with Crippen molar-refractivity contribution in [1.82, 2.24) is 9.88 Å². The molecular weight excluding hydrogens is 330 g/mol. The number of benzene rings is 1. The van der Waals surface area contributed by atoms with Crippen LogP contribution in [-0.2, 0) is 6.42 Å². The molecule has 0 radical (unpaired) electrons. The molecule has 2 heterocycles. The number of hydrogen-bond donors (Lipinski definition) is 0. The first-order valence-corrected chi connectivity index (χ1v) is 9.06. The summed E-state index contributed by atoms with van der Waals surface area (Å²) in [5.41, 5.74) is 2.60. The highest BCUT2D eigenvalue weighted by molar-refractivity contribution is 7.11. The molecule has 1 atom stereocenters. The van der Waals surface area contributed by atoms with Gasteiger partial charge in [-0.05, 0) is 50.7 Å². The minimum Gasteiger partial charge on any atom is -0.338 e. The van der Waals surface area contributed by atoms with Crippen molar-refractivity contribution in [2.45, 2.75) is 32.6 Å². The van der Waals surface area contributed by atoms with E-state index in [0.29, 0.717) is 24.3 Å². The summed E-state index contributed by atoms with van der Waals surface area (Å²) in [5.74, 6) is -0.676. The third-order valence-electron chi connectivity index (χ3n) is 4.61. The van der Waals surface area contributed by atoms with Crippen LogP contribution in [0.25, 0.3) is 0 Å². The van der Waals surface area contributed by atoms with Gasteiger partial charge in [0.1, 0.15) is 16.5 Å². The largest absolute Gasteiger partial charge is 0.338 e. The number of likely N-dealkylation sites (tertiary alicyclic amines) is 1. The van der Waals surface area contributed by atoms with Crippen molar-refractivity contribution >= 4 is 17.2 Å². The van der Waals surface area contributed by atoms with Crippen LogP contribution in [0.4, 0.5) is 8.78 Å². The maximum absolute atomic E-state index is 13.7. The summed E-state index contributed by atoms with van der Waals surface area (Å²) in [6.07, 6.45) is 2.96. The summed E-state index contributed by atoms with van der Waals surface area (Å²) >= 11 is 1.37. The van der Waals surface area contributed by atoms with E-state index in [2.05, 4.69) is 4.98 Å². The second-order valence-corrected chi connectivity index (χ2v) is 7.12. The summed E-state index contributed by atoms with van der Waals surface area (Å²) < 4.78 is 27.5. The molecule has 24 heavy (non-hydrogen) atoms. The number of nitrogens with zero attached hydrogens (tertiary/aromatic N) is 2. The molecule has 6 heteroatoms. The molecule has 0 N–H and O–H groups in total. The van der Waals surface area contributed by atoms with Gasteiger partial charge >= 0.3 is 0 Å². The van der Waals surface area contributed by atoms with Crippen molar-refractivity contribution in [3.8, 4) is 0 Å². The molecule has 1 aliphatic rings. The van der Waals surface area contributed by atoms with Gasteiger partial charge in [-0.15, -0.1) is 11.3 Å². The van der Waals surface area contributed by atoms with Gasteiger partial charge in [0.15, 0.2) is 0 Å². The zero-order chi connectivity index (χ0) is 17.1. The summed E-state index contributed by atoms with van der Waals surface area (Å²) in [7, 11) is 0. The SMILES string of the molecule is Cc1ncsc1C(=O)N1CCC[C@@H](CCc2c(F)cccc2F)C1. The molecule has 1 saturated heterocycles. The Balaban J connectivity index is 1.62. The Morgan fingerprint density at radius 1 is 1.38 bits per heavy atom. The fourth-order valence-electron chi connectivity index (χ4n) is 3.26. The predicted molar refractivity (Wildman–Crippen MR) is 90.2 cm³/mol. The molecule has 3 rings (SSSR count). The quantitative estimate of drug-likeness (QED) is 0.827. The Morgan fingerprint density at radius 3 is 2.79 bits per heavy atom. The lowest BCUT2D eigenvalue weighted by atomic mass is 9.91. The van der Waals surface area contributed by atoms with Gasteiger partial charge in [-0.3, -0.25) is 4.79 Å². The van der Waals surface area contributed by atoms with Crippen molar-refractivity contribution < 1.29 is 13.6 Å². The Kier molecular flexibility index (Phi) is 5.23. The molecule has 0 bridgehead atoms. The lowest BCUT2D eigenvalue weighted by Crippen LogP contribution is -2.40. The number of amides is 1. The van der Waals surface area contributed by atoms with Crippen LogP contribution < -0.4 is 0 Å². The van der Waals surface area contributed by atoms with Gasteiger partial charge in [0, 0.05) is 18.7 Å². The normalized spacial score (nSPS) is 18.0. The van der Waals surface area contributed by atoms with Crippen LogP contribution in [0.3, 0.4) is 0 Å². The summed E-state index contributed by atoms with van der Waals surface area (Å²) in [4.78, 5) is 19.3. The van der Waals surface area contributed by atoms with Crippen LogP contribution in [0.2, 0.25) is 0 Å². The monoisotopic (exact) mass is 350 g/mol. The van der Waals surface area contributed by atoms with E-state index in [4.69, 9.17) is 0 Å². The smallest absolute Gasteiger partial charge is 0.265 e. The molecule has 3 nitrogen and oxygen atoms in total. The van der Waals surface area contributed by atoms with Crippen LogP contribution in [0, 0.1) is 24.5 Å². The number of rotatable bonds is 4. The molecule has 1 aliphatic heterocycles. The molecule has 0 aliphatic carbocycles. The number of piperidine rings is 1. The number of aromatic nitrogens is 1. The maximum Gasteiger partial charge on any atom is 0.265 e. The molecule has 1 fully saturated rings. The van der Waals surface area contributed by atoms with Crippen LogP contribution in [0.5, 0.6) is 0 Å². The van der Waals surface area contributed by atoms with E-state index in [9.17, 15) is 13.6 Å². The topological polar surface area (TPSA) is 33.2 Å². The van der Waals surface area contributed by atoms with Gasteiger partial charge in [0.25, 0.3) is 5.91 Å². The lowest BCUT2D eigenvalue weighted by Gasteiger charge is -2.32. The fourth-order valence-corrected chi connectivity index (χ4v) is 4.02. The molecule has 128 valence electrons. The molecule has 1 aromatic carbocycles. The van der Waals surface area contributed by atoms with Crippen molar-refractivity contribution in [1.29, 1.82) is 0 Å². The zero-order valence-corrected chi connectivity index (χ0v) is 14.4. The lowest BCUT2D eigenvalue weighted by molar-refractivity contribution is 0.0672. The average molecular weight is 350 g/mol. The van der Waals surface area contributed by atoms with Crippen LogP contribution in [0.15, 0.2) is 23.7 Å². The molecule has 1 aromatic heterocycles. The van der Waals surface area contributed by atoms with E-state index >= 15 is 0 Å². The average Bonchev–Trinajstić information content (AvgIpc) is 3.00. The Bertz CT molecular complexity index is 711. The Morgan fingerprint density at radius 2 is 2.12 bits per heavy atom. The summed E-state index contributed by atoms with van der Waals surface area (Å²) in [6.45, 7) is 3.22. The molecule has 2 aromatic rings. The van der Waals surface area contributed by atoms with Gasteiger partial charge in [-0.25, -0.2) is 13.8 Å². The first-order valence-electron chi connectivity index (χ1n) is 8.18. The second-order valence-electron chi connectivity index (χ2n) is 6.27. The predicted octanol–water partition coefficient (Wildman–Crippen LogP) is 4.21. The van der Waals surface area contributed by atoms with E-state index in [1.165, 1.54) is 29.5 Å². The van der Waals surface area contributed by atoms with Crippen LogP contribution in [-0.4, -0.2) is 28.9 Å². The standard InChI is InChI=1S/C18H20F2N2OS/c1-12-17(24-11-21-12)18(23)22-9-3-4-13(10-22)7-8-14-15(19)5-2-6-16(14)20/h2,5-6,11,13H,3-4,7-10H2,1H3/t13-/m0/s1. The number of halogens is 2. The van der Waals surface area contributed by atoms with Gasteiger partial charge < -0.3 is 4.90 Å². The Hall–Kier alpha value is -1.82. The van der Waals surface area contributed by atoms with Gasteiger partial charge in [0.05, 0.1) is 11.2 Å². The van der Waals surface area contributed by atoms with E-state index in [1.807, 2.05) is 11.8 Å². The minimum absolute atomic E-state index is 0.0248. The van der Waals surface area contributed by atoms with Crippen molar-refractivity contribution in [2.24, 2.45) is 5.92 Å². The van der Waals surface area contributed by atoms with Gasteiger partial charge in [-0.1, -0.05) is 6.07 Å².